The van der Waals surface area contributed by atoms with Gasteiger partial charge in [0.2, 0.25) is 0 Å². The first-order chi connectivity index (χ1) is 8.91. The lowest BCUT2D eigenvalue weighted by molar-refractivity contribution is -0.0797. The standard InChI is InChI=1S/C11H15F2O5P/c1-15-19(14,16-2)18-9-11(12,13)8-17-10-6-4-3-5-7-10/h3-7H,8-9H2,1-2H3. The molecule has 0 N–H and O–H groups in total. The Morgan fingerprint density at radius 1 is 1.11 bits per heavy atom. The number of alkyl halides is 2. The van der Waals surface area contributed by atoms with E-state index >= 15 is 0 Å². The summed E-state index contributed by atoms with van der Waals surface area (Å²) in [6, 6.07) is 8.15. The molecule has 8 heteroatoms. The van der Waals surface area contributed by atoms with Gasteiger partial charge in [0.15, 0.2) is 6.61 Å². The number of hydrogen-bond acceptors (Lipinski definition) is 5. The molecule has 0 atom stereocenters. The molecule has 0 bridgehead atoms. The third-order valence-corrected chi connectivity index (χ3v) is 3.41. The number of phosphoric acid groups is 1. The van der Waals surface area contributed by atoms with E-state index in [9.17, 15) is 13.3 Å². The van der Waals surface area contributed by atoms with Crippen LogP contribution in [-0.2, 0) is 18.1 Å². The minimum absolute atomic E-state index is 0.309. The molecular formula is C11H15F2O5P. The van der Waals surface area contributed by atoms with Gasteiger partial charge in [-0.15, -0.1) is 0 Å². The molecule has 0 aliphatic heterocycles. The van der Waals surface area contributed by atoms with Crippen LogP contribution >= 0.6 is 7.82 Å². The second-order valence-corrected chi connectivity index (χ2v) is 5.43. The number of halogens is 2. The summed E-state index contributed by atoms with van der Waals surface area (Å²) < 4.78 is 56.4. The van der Waals surface area contributed by atoms with Crippen LogP contribution in [0.4, 0.5) is 8.78 Å². The minimum Gasteiger partial charge on any atom is -0.487 e. The summed E-state index contributed by atoms with van der Waals surface area (Å²) in [5, 5.41) is 0. The molecule has 0 aliphatic rings. The maximum Gasteiger partial charge on any atom is 0.474 e. The maximum absolute atomic E-state index is 13.4. The molecule has 1 rings (SSSR count). The quantitative estimate of drug-likeness (QED) is 0.690. The summed E-state index contributed by atoms with van der Waals surface area (Å²) >= 11 is 0. The summed E-state index contributed by atoms with van der Waals surface area (Å²) in [6.07, 6.45) is 0. The molecule has 19 heavy (non-hydrogen) atoms. The van der Waals surface area contributed by atoms with Gasteiger partial charge >= 0.3 is 13.7 Å². The van der Waals surface area contributed by atoms with Crippen LogP contribution in [0.5, 0.6) is 5.75 Å². The van der Waals surface area contributed by atoms with E-state index in [-0.39, 0.29) is 0 Å². The van der Waals surface area contributed by atoms with E-state index in [0.29, 0.717) is 5.75 Å². The largest absolute Gasteiger partial charge is 0.487 e. The minimum atomic E-state index is -3.91. The number of benzene rings is 1. The molecule has 5 nitrogen and oxygen atoms in total. The molecule has 1 aromatic carbocycles. The van der Waals surface area contributed by atoms with Crippen molar-refractivity contribution in [1.82, 2.24) is 0 Å². The Bertz CT molecular complexity index is 418. The van der Waals surface area contributed by atoms with Gasteiger partial charge < -0.3 is 4.74 Å². The van der Waals surface area contributed by atoms with E-state index < -0.39 is 27.0 Å². The Morgan fingerprint density at radius 3 is 2.21 bits per heavy atom. The highest BCUT2D eigenvalue weighted by Crippen LogP contribution is 2.48. The van der Waals surface area contributed by atoms with Gasteiger partial charge in [-0.3, -0.25) is 13.6 Å². The monoisotopic (exact) mass is 296 g/mol. The highest BCUT2D eigenvalue weighted by molar-refractivity contribution is 7.48. The normalized spacial score (nSPS) is 12.4. The van der Waals surface area contributed by atoms with Gasteiger partial charge in [-0.25, -0.2) is 13.3 Å². The summed E-state index contributed by atoms with van der Waals surface area (Å²) in [4.78, 5) is 0. The summed E-state index contributed by atoms with van der Waals surface area (Å²) in [6.45, 7) is -2.02. The number of rotatable bonds is 8. The Kier molecular flexibility index (Phi) is 5.87. The Labute approximate surface area is 110 Å². The molecule has 0 amide bonds. The maximum atomic E-state index is 13.4. The fourth-order valence-corrected chi connectivity index (χ4v) is 1.81. The summed E-state index contributed by atoms with van der Waals surface area (Å²) in [5.74, 6) is -3.01. The number of hydrogen-bond donors (Lipinski definition) is 0. The number of phosphoric ester groups is 1. The lowest BCUT2D eigenvalue weighted by Crippen LogP contribution is -2.31. The zero-order chi connectivity index (χ0) is 14.4. The van der Waals surface area contributed by atoms with Crippen LogP contribution in [0.15, 0.2) is 30.3 Å². The number of para-hydroxylation sites is 1. The molecule has 0 unspecified atom stereocenters. The van der Waals surface area contributed by atoms with Crippen LogP contribution in [0.2, 0.25) is 0 Å². The summed E-state index contributed by atoms with van der Waals surface area (Å²) in [7, 11) is -1.82. The fraction of sp³-hybridized carbons (Fsp3) is 0.455. The molecule has 0 aliphatic carbocycles. The van der Waals surface area contributed by atoms with Gasteiger partial charge in [-0.05, 0) is 12.1 Å². The third-order valence-electron chi connectivity index (χ3n) is 2.07. The van der Waals surface area contributed by atoms with Gasteiger partial charge in [-0.2, -0.15) is 0 Å². The van der Waals surface area contributed by atoms with Gasteiger partial charge in [0.1, 0.15) is 12.4 Å². The van der Waals surface area contributed by atoms with Crippen molar-refractivity contribution >= 4 is 7.82 Å². The van der Waals surface area contributed by atoms with E-state index in [0.717, 1.165) is 14.2 Å². The van der Waals surface area contributed by atoms with E-state index in [1.54, 1.807) is 30.3 Å². The van der Waals surface area contributed by atoms with Crippen LogP contribution in [0.1, 0.15) is 0 Å². The van der Waals surface area contributed by atoms with Crippen LogP contribution in [0.25, 0.3) is 0 Å². The first kappa shape index (κ1) is 16.0. The van der Waals surface area contributed by atoms with Crippen molar-refractivity contribution in [3.05, 3.63) is 30.3 Å². The third kappa shape index (κ3) is 5.65. The smallest absolute Gasteiger partial charge is 0.474 e. The van der Waals surface area contributed by atoms with Crippen LogP contribution < -0.4 is 4.74 Å². The van der Waals surface area contributed by atoms with Crippen molar-refractivity contribution in [2.24, 2.45) is 0 Å². The molecule has 1 aromatic rings. The predicted molar refractivity (Wildman–Crippen MR) is 64.5 cm³/mol. The predicted octanol–water partition coefficient (Wildman–Crippen LogP) is 3.12. The second kappa shape index (κ2) is 6.96. The van der Waals surface area contributed by atoms with E-state index in [4.69, 9.17) is 4.74 Å². The second-order valence-electron chi connectivity index (χ2n) is 3.54. The molecule has 0 heterocycles. The van der Waals surface area contributed by atoms with Gasteiger partial charge in [0, 0.05) is 14.2 Å². The average molecular weight is 296 g/mol. The highest BCUT2D eigenvalue weighted by atomic mass is 31.2. The van der Waals surface area contributed by atoms with E-state index in [1.807, 2.05) is 0 Å². The molecular weight excluding hydrogens is 281 g/mol. The first-order valence-corrected chi connectivity index (χ1v) is 6.78. The van der Waals surface area contributed by atoms with Crippen molar-refractivity contribution in [1.29, 1.82) is 0 Å². The Morgan fingerprint density at radius 2 is 1.68 bits per heavy atom. The van der Waals surface area contributed by atoms with Crippen molar-refractivity contribution in [2.45, 2.75) is 5.92 Å². The van der Waals surface area contributed by atoms with Crippen molar-refractivity contribution in [2.75, 3.05) is 27.4 Å². The van der Waals surface area contributed by atoms with E-state index in [2.05, 4.69) is 13.6 Å². The SMILES string of the molecule is COP(=O)(OC)OCC(F)(F)COc1ccccc1. The molecule has 0 aromatic heterocycles. The lowest BCUT2D eigenvalue weighted by atomic mass is 10.3. The summed E-state index contributed by atoms with van der Waals surface area (Å²) in [5.41, 5.74) is 0. The van der Waals surface area contributed by atoms with Crippen molar-refractivity contribution in [3.63, 3.8) is 0 Å². The molecule has 0 saturated carbocycles. The molecule has 0 spiro atoms. The highest BCUT2D eigenvalue weighted by Gasteiger charge is 2.35. The number of ether oxygens (including phenoxy) is 1. The van der Waals surface area contributed by atoms with Crippen LogP contribution in [0.3, 0.4) is 0 Å². The van der Waals surface area contributed by atoms with Crippen LogP contribution in [0, 0.1) is 0 Å². The fourth-order valence-electron chi connectivity index (χ4n) is 1.10. The zero-order valence-electron chi connectivity index (χ0n) is 10.5. The van der Waals surface area contributed by atoms with Crippen molar-refractivity contribution < 1.29 is 31.7 Å². The van der Waals surface area contributed by atoms with Crippen LogP contribution in [-0.4, -0.2) is 33.4 Å². The molecule has 0 radical (unpaired) electrons. The Hall–Kier alpha value is -1.01. The van der Waals surface area contributed by atoms with Gasteiger partial charge in [-0.1, -0.05) is 18.2 Å². The Balaban J connectivity index is 2.46. The molecule has 0 saturated heterocycles. The van der Waals surface area contributed by atoms with E-state index in [1.165, 1.54) is 0 Å². The molecule has 108 valence electrons. The van der Waals surface area contributed by atoms with Gasteiger partial charge in [0.25, 0.3) is 0 Å². The zero-order valence-corrected chi connectivity index (χ0v) is 11.4. The first-order valence-electron chi connectivity index (χ1n) is 5.32. The topological polar surface area (TPSA) is 54.0 Å². The lowest BCUT2D eigenvalue weighted by Gasteiger charge is -2.19. The van der Waals surface area contributed by atoms with Gasteiger partial charge in [0.05, 0.1) is 0 Å². The molecule has 0 fully saturated rings. The average Bonchev–Trinajstić information content (AvgIpc) is 2.44. The van der Waals surface area contributed by atoms with Crippen molar-refractivity contribution in [3.8, 4) is 5.75 Å².